The molecular formula is C21H25N5O. The van der Waals surface area contributed by atoms with Crippen molar-refractivity contribution in [2.45, 2.75) is 32.4 Å². The van der Waals surface area contributed by atoms with Crippen LogP contribution in [0, 0.1) is 6.92 Å². The summed E-state index contributed by atoms with van der Waals surface area (Å²) in [5.74, 6) is -0.0471. The number of rotatable bonds is 4. The first-order chi connectivity index (χ1) is 13.1. The first kappa shape index (κ1) is 17.7. The van der Waals surface area contributed by atoms with E-state index < -0.39 is 0 Å². The zero-order chi connectivity index (χ0) is 18.8. The van der Waals surface area contributed by atoms with E-state index in [2.05, 4.69) is 44.6 Å². The molecule has 0 unspecified atom stereocenters. The van der Waals surface area contributed by atoms with Crippen molar-refractivity contribution in [1.82, 2.24) is 25.0 Å². The molecular weight excluding hydrogens is 338 g/mol. The Morgan fingerprint density at radius 3 is 2.70 bits per heavy atom. The third-order valence-corrected chi connectivity index (χ3v) is 5.30. The summed E-state index contributed by atoms with van der Waals surface area (Å²) in [6.45, 7) is 4.91. The second-order valence-corrected chi connectivity index (χ2v) is 7.31. The van der Waals surface area contributed by atoms with Crippen molar-refractivity contribution in [3.63, 3.8) is 0 Å². The number of piperidine rings is 1. The molecule has 1 saturated heterocycles. The molecule has 0 atom stereocenters. The Bertz CT molecular complexity index is 942. The van der Waals surface area contributed by atoms with Gasteiger partial charge in [-0.25, -0.2) is 4.98 Å². The number of benzene rings is 1. The predicted molar refractivity (Wildman–Crippen MR) is 105 cm³/mol. The van der Waals surface area contributed by atoms with Gasteiger partial charge in [-0.2, -0.15) is 5.10 Å². The first-order valence-electron chi connectivity index (χ1n) is 9.46. The van der Waals surface area contributed by atoms with Gasteiger partial charge in [0.05, 0.1) is 11.3 Å². The summed E-state index contributed by atoms with van der Waals surface area (Å²) in [7, 11) is 1.87. The van der Waals surface area contributed by atoms with Crippen LogP contribution in [-0.4, -0.2) is 44.7 Å². The van der Waals surface area contributed by atoms with E-state index in [0.717, 1.165) is 49.2 Å². The number of carbonyl (C=O) groups is 1. The molecule has 3 heterocycles. The fourth-order valence-electron chi connectivity index (χ4n) is 3.78. The molecule has 0 saturated carbocycles. The van der Waals surface area contributed by atoms with Gasteiger partial charge in [0.15, 0.2) is 5.65 Å². The van der Waals surface area contributed by atoms with Crippen molar-refractivity contribution in [3.05, 3.63) is 59.4 Å². The lowest BCUT2D eigenvalue weighted by Crippen LogP contribution is -2.44. The number of fused-ring (bicyclic) bond motifs is 1. The average molecular weight is 363 g/mol. The number of carbonyl (C=O) groups excluding carboxylic acids is 1. The zero-order valence-corrected chi connectivity index (χ0v) is 15.9. The Balaban J connectivity index is 1.35. The maximum Gasteiger partial charge on any atom is 0.253 e. The summed E-state index contributed by atoms with van der Waals surface area (Å²) in [5, 5.41) is 8.48. The third kappa shape index (κ3) is 3.85. The predicted octanol–water partition coefficient (Wildman–Crippen LogP) is 2.67. The first-order valence-corrected chi connectivity index (χ1v) is 9.46. The number of nitrogens with zero attached hydrogens (tertiary/aromatic N) is 4. The Hall–Kier alpha value is -2.73. The second-order valence-electron chi connectivity index (χ2n) is 7.31. The van der Waals surface area contributed by atoms with Crippen LogP contribution in [0.1, 0.15) is 34.5 Å². The van der Waals surface area contributed by atoms with E-state index in [9.17, 15) is 4.79 Å². The summed E-state index contributed by atoms with van der Waals surface area (Å²) < 4.78 is 1.74. The summed E-state index contributed by atoms with van der Waals surface area (Å²) in [6, 6.07) is 12.6. The lowest BCUT2D eigenvalue weighted by Gasteiger charge is -2.32. The highest BCUT2D eigenvalue weighted by Gasteiger charge is 2.21. The molecule has 0 radical (unpaired) electrons. The van der Waals surface area contributed by atoms with Crippen LogP contribution in [0.4, 0.5) is 0 Å². The van der Waals surface area contributed by atoms with Crippen molar-refractivity contribution in [1.29, 1.82) is 0 Å². The summed E-state index contributed by atoms with van der Waals surface area (Å²) in [4.78, 5) is 19.5. The van der Waals surface area contributed by atoms with Crippen molar-refractivity contribution < 1.29 is 4.79 Å². The molecule has 27 heavy (non-hydrogen) atoms. The van der Waals surface area contributed by atoms with Gasteiger partial charge < -0.3 is 5.32 Å². The number of likely N-dealkylation sites (tertiary alicyclic amines) is 1. The number of hydrogen-bond donors (Lipinski definition) is 1. The van der Waals surface area contributed by atoms with Crippen LogP contribution in [0.25, 0.3) is 11.0 Å². The van der Waals surface area contributed by atoms with E-state index in [4.69, 9.17) is 0 Å². The van der Waals surface area contributed by atoms with Crippen LogP contribution >= 0.6 is 0 Å². The fraction of sp³-hybridized carbons (Fsp3) is 0.381. The molecule has 140 valence electrons. The zero-order valence-electron chi connectivity index (χ0n) is 15.9. The number of hydrogen-bond acceptors (Lipinski definition) is 4. The van der Waals surface area contributed by atoms with Crippen molar-refractivity contribution in [2.24, 2.45) is 7.05 Å². The molecule has 1 fully saturated rings. The molecule has 1 aromatic carbocycles. The largest absolute Gasteiger partial charge is 0.349 e. The minimum absolute atomic E-state index is 0.0471. The minimum Gasteiger partial charge on any atom is -0.349 e. The van der Waals surface area contributed by atoms with E-state index in [1.54, 1.807) is 10.9 Å². The summed E-state index contributed by atoms with van der Waals surface area (Å²) in [5.41, 5.74) is 3.64. The van der Waals surface area contributed by atoms with E-state index in [-0.39, 0.29) is 11.9 Å². The van der Waals surface area contributed by atoms with Crippen LogP contribution in [0.15, 0.2) is 42.6 Å². The average Bonchev–Trinajstić information content (AvgIpc) is 2.97. The molecule has 3 aromatic rings. The molecule has 0 spiro atoms. The number of pyridine rings is 1. The Morgan fingerprint density at radius 1 is 1.22 bits per heavy atom. The van der Waals surface area contributed by atoms with Gasteiger partial charge in [-0.1, -0.05) is 30.3 Å². The van der Waals surface area contributed by atoms with Gasteiger partial charge in [-0.15, -0.1) is 0 Å². The normalized spacial score (nSPS) is 15.9. The van der Waals surface area contributed by atoms with Gasteiger partial charge in [0.2, 0.25) is 0 Å². The lowest BCUT2D eigenvalue weighted by molar-refractivity contribution is 0.0908. The fourth-order valence-corrected chi connectivity index (χ4v) is 3.78. The van der Waals surface area contributed by atoms with Crippen molar-refractivity contribution >= 4 is 16.9 Å². The molecule has 1 N–H and O–H groups in total. The van der Waals surface area contributed by atoms with E-state index in [0.29, 0.717) is 5.56 Å². The number of nitrogens with one attached hydrogen (secondary N) is 1. The Kier molecular flexibility index (Phi) is 4.90. The molecule has 0 aliphatic carbocycles. The molecule has 4 rings (SSSR count). The molecule has 6 heteroatoms. The van der Waals surface area contributed by atoms with Crippen LogP contribution in [0.5, 0.6) is 0 Å². The van der Waals surface area contributed by atoms with E-state index >= 15 is 0 Å². The minimum atomic E-state index is -0.0471. The molecule has 2 aromatic heterocycles. The quantitative estimate of drug-likeness (QED) is 0.774. The maximum absolute atomic E-state index is 12.7. The highest BCUT2D eigenvalue weighted by atomic mass is 16.1. The SMILES string of the molecule is Cc1nn(C)c2ncc(C(=O)NC3CCN(Cc4ccccc4)CC3)cc12. The number of amides is 1. The van der Waals surface area contributed by atoms with E-state index in [1.165, 1.54) is 5.56 Å². The summed E-state index contributed by atoms with van der Waals surface area (Å²) in [6.07, 6.45) is 3.59. The van der Waals surface area contributed by atoms with Crippen LogP contribution in [0.2, 0.25) is 0 Å². The molecule has 1 amide bonds. The molecule has 1 aliphatic heterocycles. The topological polar surface area (TPSA) is 63.1 Å². The standard InChI is InChI=1S/C21H25N5O/c1-15-19-12-17(13-22-20(19)25(2)24-15)21(27)23-18-8-10-26(11-9-18)14-16-6-4-3-5-7-16/h3-7,12-13,18H,8-11,14H2,1-2H3,(H,23,27). The number of aryl methyl sites for hydroxylation is 2. The van der Waals surface area contributed by atoms with Crippen LogP contribution in [0.3, 0.4) is 0 Å². The van der Waals surface area contributed by atoms with Gasteiger partial charge in [-0.3, -0.25) is 14.4 Å². The number of aromatic nitrogens is 3. The monoisotopic (exact) mass is 363 g/mol. The second kappa shape index (κ2) is 7.48. The van der Waals surface area contributed by atoms with Gasteiger partial charge >= 0.3 is 0 Å². The molecule has 1 aliphatic rings. The molecule has 6 nitrogen and oxygen atoms in total. The maximum atomic E-state index is 12.7. The Labute approximate surface area is 159 Å². The van der Waals surface area contributed by atoms with Gasteiger partial charge in [0.25, 0.3) is 5.91 Å². The highest BCUT2D eigenvalue weighted by molar-refractivity contribution is 5.97. The van der Waals surface area contributed by atoms with Crippen LogP contribution in [-0.2, 0) is 13.6 Å². The smallest absolute Gasteiger partial charge is 0.253 e. The van der Waals surface area contributed by atoms with Crippen molar-refractivity contribution in [2.75, 3.05) is 13.1 Å². The van der Waals surface area contributed by atoms with Crippen molar-refractivity contribution in [3.8, 4) is 0 Å². The highest BCUT2D eigenvalue weighted by Crippen LogP contribution is 2.18. The van der Waals surface area contributed by atoms with Gasteiger partial charge in [0, 0.05) is 44.3 Å². The van der Waals surface area contributed by atoms with Gasteiger partial charge in [-0.05, 0) is 31.4 Å². The van der Waals surface area contributed by atoms with E-state index in [1.807, 2.05) is 26.1 Å². The molecule has 0 bridgehead atoms. The summed E-state index contributed by atoms with van der Waals surface area (Å²) >= 11 is 0. The Morgan fingerprint density at radius 2 is 1.96 bits per heavy atom. The lowest BCUT2D eigenvalue weighted by atomic mass is 10.0. The van der Waals surface area contributed by atoms with Crippen LogP contribution < -0.4 is 5.32 Å². The van der Waals surface area contributed by atoms with Gasteiger partial charge in [0.1, 0.15) is 0 Å². The third-order valence-electron chi connectivity index (χ3n) is 5.30.